The lowest BCUT2D eigenvalue weighted by Crippen LogP contribution is -2.41. The second kappa shape index (κ2) is 4.87. The molecule has 3 heteroatoms. The Bertz CT molecular complexity index is 268. The van der Waals surface area contributed by atoms with Gasteiger partial charge in [0.05, 0.1) is 0 Å². The SMILES string of the molecule is CC1C2CNCC2CN1C1CCCN(C)CC1. The molecular formula is C14H27N3. The van der Waals surface area contributed by atoms with Crippen molar-refractivity contribution in [2.75, 3.05) is 39.8 Å². The summed E-state index contributed by atoms with van der Waals surface area (Å²) >= 11 is 0. The Hall–Kier alpha value is -0.120. The normalized spacial score (nSPS) is 44.8. The van der Waals surface area contributed by atoms with Gasteiger partial charge in [0.2, 0.25) is 0 Å². The number of fused-ring (bicyclic) bond motifs is 1. The van der Waals surface area contributed by atoms with Gasteiger partial charge >= 0.3 is 0 Å². The van der Waals surface area contributed by atoms with Gasteiger partial charge in [-0.2, -0.15) is 0 Å². The molecule has 0 bridgehead atoms. The maximum Gasteiger partial charge on any atom is 0.0114 e. The first-order chi connectivity index (χ1) is 8.25. The van der Waals surface area contributed by atoms with Crippen molar-refractivity contribution < 1.29 is 0 Å². The van der Waals surface area contributed by atoms with Gasteiger partial charge in [0.15, 0.2) is 0 Å². The minimum absolute atomic E-state index is 0.809. The monoisotopic (exact) mass is 237 g/mol. The van der Waals surface area contributed by atoms with Crippen LogP contribution in [0.2, 0.25) is 0 Å². The molecule has 0 aromatic rings. The Morgan fingerprint density at radius 2 is 2.00 bits per heavy atom. The van der Waals surface area contributed by atoms with Crippen LogP contribution in [0.4, 0.5) is 0 Å². The van der Waals surface area contributed by atoms with Gasteiger partial charge in [-0.1, -0.05) is 0 Å². The van der Waals surface area contributed by atoms with Crippen molar-refractivity contribution in [1.82, 2.24) is 15.1 Å². The molecule has 3 fully saturated rings. The van der Waals surface area contributed by atoms with E-state index < -0.39 is 0 Å². The lowest BCUT2D eigenvalue weighted by molar-refractivity contribution is 0.155. The lowest BCUT2D eigenvalue weighted by atomic mass is 9.95. The van der Waals surface area contributed by atoms with Crippen molar-refractivity contribution in [1.29, 1.82) is 0 Å². The first-order valence-electron chi connectivity index (χ1n) is 7.40. The van der Waals surface area contributed by atoms with Crippen molar-refractivity contribution >= 4 is 0 Å². The van der Waals surface area contributed by atoms with Crippen molar-refractivity contribution in [3.63, 3.8) is 0 Å². The van der Waals surface area contributed by atoms with Gasteiger partial charge in [0.25, 0.3) is 0 Å². The van der Waals surface area contributed by atoms with Crippen molar-refractivity contribution in [2.45, 2.75) is 38.3 Å². The van der Waals surface area contributed by atoms with E-state index in [4.69, 9.17) is 0 Å². The second-order valence-electron chi connectivity index (χ2n) is 6.41. The van der Waals surface area contributed by atoms with Crippen LogP contribution in [-0.4, -0.2) is 61.7 Å². The average Bonchev–Trinajstić information content (AvgIpc) is 2.81. The fourth-order valence-corrected chi connectivity index (χ4v) is 4.24. The molecule has 3 heterocycles. The second-order valence-corrected chi connectivity index (χ2v) is 6.41. The van der Waals surface area contributed by atoms with E-state index in [1.54, 1.807) is 0 Å². The number of likely N-dealkylation sites (tertiary alicyclic amines) is 2. The van der Waals surface area contributed by atoms with E-state index in [9.17, 15) is 0 Å². The third-order valence-electron chi connectivity index (χ3n) is 5.37. The van der Waals surface area contributed by atoms with Crippen LogP contribution in [0.5, 0.6) is 0 Å². The molecule has 0 radical (unpaired) electrons. The summed E-state index contributed by atoms with van der Waals surface area (Å²) in [6.45, 7) is 8.93. The molecule has 0 aromatic carbocycles. The summed E-state index contributed by atoms with van der Waals surface area (Å²) in [5.41, 5.74) is 0. The molecule has 0 aliphatic carbocycles. The van der Waals surface area contributed by atoms with E-state index in [2.05, 4.69) is 29.1 Å². The number of nitrogens with zero attached hydrogens (tertiary/aromatic N) is 2. The molecule has 0 aromatic heterocycles. The molecule has 98 valence electrons. The molecule has 0 spiro atoms. The highest BCUT2D eigenvalue weighted by molar-refractivity contribution is 4.99. The molecule has 3 aliphatic rings. The number of nitrogens with one attached hydrogen (secondary N) is 1. The standard InChI is InChI=1S/C14H27N3/c1-11-14-9-15-8-12(14)10-17(11)13-4-3-6-16(2)7-5-13/h11-15H,3-10H2,1-2H3. The van der Waals surface area contributed by atoms with Gasteiger partial charge in [0, 0.05) is 18.6 Å². The highest BCUT2D eigenvalue weighted by Crippen LogP contribution is 2.35. The summed E-state index contributed by atoms with van der Waals surface area (Å²) < 4.78 is 0. The van der Waals surface area contributed by atoms with Gasteiger partial charge < -0.3 is 10.2 Å². The number of hydrogen-bond acceptors (Lipinski definition) is 3. The molecule has 3 nitrogen and oxygen atoms in total. The Morgan fingerprint density at radius 1 is 1.12 bits per heavy atom. The molecule has 3 saturated heterocycles. The van der Waals surface area contributed by atoms with Gasteiger partial charge in [-0.3, -0.25) is 4.90 Å². The molecule has 1 N–H and O–H groups in total. The third kappa shape index (κ3) is 2.25. The molecule has 4 atom stereocenters. The summed E-state index contributed by atoms with van der Waals surface area (Å²) in [5, 5.41) is 3.56. The van der Waals surface area contributed by atoms with Gasteiger partial charge in [-0.15, -0.1) is 0 Å². The molecule has 3 aliphatic heterocycles. The van der Waals surface area contributed by atoms with Crippen LogP contribution >= 0.6 is 0 Å². The van der Waals surface area contributed by atoms with Gasteiger partial charge in [0.1, 0.15) is 0 Å². The maximum absolute atomic E-state index is 3.56. The van der Waals surface area contributed by atoms with Gasteiger partial charge in [-0.25, -0.2) is 0 Å². The smallest absolute Gasteiger partial charge is 0.0114 e. The van der Waals surface area contributed by atoms with Crippen molar-refractivity contribution in [3.8, 4) is 0 Å². The number of rotatable bonds is 1. The van der Waals surface area contributed by atoms with Crippen molar-refractivity contribution in [3.05, 3.63) is 0 Å². The minimum Gasteiger partial charge on any atom is -0.316 e. The average molecular weight is 237 g/mol. The van der Waals surface area contributed by atoms with Crippen LogP contribution in [0.15, 0.2) is 0 Å². The van der Waals surface area contributed by atoms with Gasteiger partial charge in [-0.05, 0) is 71.2 Å². The zero-order valence-corrected chi connectivity index (χ0v) is 11.4. The molecule has 3 rings (SSSR count). The zero-order valence-electron chi connectivity index (χ0n) is 11.4. The third-order valence-corrected chi connectivity index (χ3v) is 5.37. The predicted octanol–water partition coefficient (Wildman–Crippen LogP) is 1.01. The van der Waals surface area contributed by atoms with Crippen LogP contribution < -0.4 is 5.32 Å². The van der Waals surface area contributed by atoms with Crippen LogP contribution in [0.3, 0.4) is 0 Å². The molecular weight excluding hydrogens is 210 g/mol. The Balaban J connectivity index is 1.64. The summed E-state index contributed by atoms with van der Waals surface area (Å²) in [4.78, 5) is 5.35. The summed E-state index contributed by atoms with van der Waals surface area (Å²) in [6.07, 6.45) is 4.19. The quantitative estimate of drug-likeness (QED) is 0.734. The van der Waals surface area contributed by atoms with Crippen molar-refractivity contribution in [2.24, 2.45) is 11.8 Å². The highest BCUT2D eigenvalue weighted by Gasteiger charge is 2.43. The van der Waals surface area contributed by atoms with Crippen LogP contribution in [0.25, 0.3) is 0 Å². The van der Waals surface area contributed by atoms with Crippen LogP contribution in [-0.2, 0) is 0 Å². The maximum atomic E-state index is 3.56. The predicted molar refractivity (Wildman–Crippen MR) is 71.2 cm³/mol. The summed E-state index contributed by atoms with van der Waals surface area (Å²) in [5.74, 6) is 1.86. The summed E-state index contributed by atoms with van der Waals surface area (Å²) in [7, 11) is 2.27. The molecule has 4 unspecified atom stereocenters. The summed E-state index contributed by atoms with van der Waals surface area (Å²) in [6, 6.07) is 1.67. The van der Waals surface area contributed by atoms with Crippen LogP contribution in [0, 0.1) is 11.8 Å². The van der Waals surface area contributed by atoms with Crippen LogP contribution in [0.1, 0.15) is 26.2 Å². The highest BCUT2D eigenvalue weighted by atomic mass is 15.2. The Labute approximate surface area is 106 Å². The number of hydrogen-bond donors (Lipinski definition) is 1. The fraction of sp³-hybridized carbons (Fsp3) is 1.00. The first kappa shape index (κ1) is 11.9. The van der Waals surface area contributed by atoms with E-state index >= 15 is 0 Å². The molecule has 17 heavy (non-hydrogen) atoms. The zero-order chi connectivity index (χ0) is 11.8. The van der Waals surface area contributed by atoms with E-state index in [-0.39, 0.29) is 0 Å². The molecule has 0 saturated carbocycles. The molecule has 0 amide bonds. The first-order valence-corrected chi connectivity index (χ1v) is 7.40. The fourth-order valence-electron chi connectivity index (χ4n) is 4.24. The minimum atomic E-state index is 0.809. The van der Waals surface area contributed by atoms with E-state index in [1.807, 2.05) is 0 Å². The van der Waals surface area contributed by atoms with E-state index in [0.29, 0.717) is 0 Å². The Kier molecular flexibility index (Phi) is 3.42. The Morgan fingerprint density at radius 3 is 2.82 bits per heavy atom. The van der Waals surface area contributed by atoms with E-state index in [0.717, 1.165) is 23.9 Å². The van der Waals surface area contributed by atoms with E-state index in [1.165, 1.54) is 52.0 Å². The lowest BCUT2D eigenvalue weighted by Gasteiger charge is -2.32. The topological polar surface area (TPSA) is 18.5 Å². The largest absolute Gasteiger partial charge is 0.316 e.